The Balaban J connectivity index is 2.06. The lowest BCUT2D eigenvalue weighted by Gasteiger charge is -2.32. The third kappa shape index (κ3) is 2.82. The summed E-state index contributed by atoms with van der Waals surface area (Å²) in [5, 5.41) is 3.70. The zero-order chi connectivity index (χ0) is 10.9. The highest BCUT2D eigenvalue weighted by Crippen LogP contribution is 2.22. The van der Waals surface area contributed by atoms with Crippen LogP contribution in [0, 0.1) is 0 Å². The molecular formula is C14H21N. The molecule has 0 spiro atoms. The fraction of sp³-hybridized carbons (Fsp3) is 0.571. The Morgan fingerprint density at radius 3 is 2.47 bits per heavy atom. The van der Waals surface area contributed by atoms with E-state index in [9.17, 15) is 0 Å². The van der Waals surface area contributed by atoms with Gasteiger partial charge in [-0.1, -0.05) is 24.3 Å². The lowest BCUT2D eigenvalue weighted by molar-refractivity contribution is 0.335. The fourth-order valence-corrected chi connectivity index (χ4v) is 2.43. The minimum atomic E-state index is 0.233. The number of fused-ring (bicyclic) bond motifs is 1. The number of hydrogen-bond donors (Lipinski definition) is 1. The van der Waals surface area contributed by atoms with Gasteiger partial charge >= 0.3 is 0 Å². The van der Waals surface area contributed by atoms with Crippen LogP contribution in [-0.2, 0) is 12.8 Å². The minimum Gasteiger partial charge on any atom is -0.309 e. The van der Waals surface area contributed by atoms with E-state index in [0.717, 1.165) is 0 Å². The van der Waals surface area contributed by atoms with Crippen LogP contribution in [0.3, 0.4) is 0 Å². The molecule has 0 aliphatic heterocycles. The Labute approximate surface area is 92.9 Å². The van der Waals surface area contributed by atoms with E-state index in [1.165, 1.54) is 24.8 Å². The topological polar surface area (TPSA) is 12.0 Å². The highest BCUT2D eigenvalue weighted by molar-refractivity contribution is 5.30. The van der Waals surface area contributed by atoms with Gasteiger partial charge in [0, 0.05) is 11.6 Å². The maximum atomic E-state index is 3.70. The predicted octanol–water partition coefficient (Wildman–Crippen LogP) is 2.93. The maximum absolute atomic E-state index is 3.70. The molecule has 82 valence electrons. The molecule has 1 nitrogen and oxygen atoms in total. The average Bonchev–Trinajstić information content (AvgIpc) is 2.15. The summed E-state index contributed by atoms with van der Waals surface area (Å²) in [5.41, 5.74) is 3.31. The molecule has 0 saturated heterocycles. The first kappa shape index (κ1) is 10.7. The van der Waals surface area contributed by atoms with Crippen molar-refractivity contribution in [3.8, 4) is 0 Å². The van der Waals surface area contributed by atoms with E-state index >= 15 is 0 Å². The second-order valence-electron chi connectivity index (χ2n) is 5.60. The van der Waals surface area contributed by atoms with Crippen molar-refractivity contribution in [2.45, 2.75) is 51.6 Å². The zero-order valence-electron chi connectivity index (χ0n) is 10.0. The molecule has 1 N–H and O–H groups in total. The van der Waals surface area contributed by atoms with Crippen LogP contribution in [0.25, 0.3) is 0 Å². The zero-order valence-corrected chi connectivity index (χ0v) is 10.0. The summed E-state index contributed by atoms with van der Waals surface area (Å²) in [5.74, 6) is 0. The van der Waals surface area contributed by atoms with E-state index in [-0.39, 0.29) is 5.54 Å². The monoisotopic (exact) mass is 203 g/mol. The van der Waals surface area contributed by atoms with Crippen LogP contribution >= 0.6 is 0 Å². The van der Waals surface area contributed by atoms with Crippen LogP contribution in [0.5, 0.6) is 0 Å². The summed E-state index contributed by atoms with van der Waals surface area (Å²) in [4.78, 5) is 0. The number of benzene rings is 1. The Hall–Kier alpha value is -0.820. The van der Waals surface area contributed by atoms with Gasteiger partial charge in [0.05, 0.1) is 0 Å². The van der Waals surface area contributed by atoms with Gasteiger partial charge < -0.3 is 5.32 Å². The summed E-state index contributed by atoms with van der Waals surface area (Å²) in [6, 6.07) is 9.49. The first-order chi connectivity index (χ1) is 7.04. The Kier molecular flexibility index (Phi) is 2.83. The third-order valence-electron chi connectivity index (χ3n) is 2.98. The molecule has 1 aliphatic carbocycles. The van der Waals surface area contributed by atoms with Crippen LogP contribution < -0.4 is 5.32 Å². The molecule has 1 aromatic rings. The first-order valence-electron chi connectivity index (χ1n) is 5.89. The third-order valence-corrected chi connectivity index (χ3v) is 2.98. The average molecular weight is 203 g/mol. The smallest absolute Gasteiger partial charge is 0.0116 e. The standard InChI is InChI=1S/C14H21N/c1-14(2,3)15-13-9-8-11-6-4-5-7-12(11)10-13/h4-7,13,15H,8-10H2,1-3H3. The Morgan fingerprint density at radius 2 is 1.80 bits per heavy atom. The van der Waals surface area contributed by atoms with Gasteiger partial charge in [0.1, 0.15) is 0 Å². The lowest BCUT2D eigenvalue weighted by atomic mass is 9.87. The maximum Gasteiger partial charge on any atom is 0.0116 e. The van der Waals surface area contributed by atoms with Gasteiger partial charge in [-0.25, -0.2) is 0 Å². The molecule has 1 atom stereocenters. The molecule has 1 aliphatic rings. The van der Waals surface area contributed by atoms with Gasteiger partial charge in [-0.3, -0.25) is 0 Å². The summed E-state index contributed by atoms with van der Waals surface area (Å²) >= 11 is 0. The molecule has 0 bridgehead atoms. The molecular weight excluding hydrogens is 182 g/mol. The largest absolute Gasteiger partial charge is 0.309 e. The highest BCUT2D eigenvalue weighted by Gasteiger charge is 2.21. The normalized spacial score (nSPS) is 21.1. The Morgan fingerprint density at radius 1 is 1.13 bits per heavy atom. The SMILES string of the molecule is CC(C)(C)NC1CCc2ccccc2C1. The summed E-state index contributed by atoms with van der Waals surface area (Å²) in [6.07, 6.45) is 3.69. The van der Waals surface area contributed by atoms with Gasteiger partial charge in [0.2, 0.25) is 0 Å². The second kappa shape index (κ2) is 3.97. The van der Waals surface area contributed by atoms with Gasteiger partial charge in [0.15, 0.2) is 0 Å². The van der Waals surface area contributed by atoms with Crippen molar-refractivity contribution >= 4 is 0 Å². The lowest BCUT2D eigenvalue weighted by Crippen LogP contribution is -2.46. The van der Waals surface area contributed by atoms with Crippen molar-refractivity contribution in [1.29, 1.82) is 0 Å². The van der Waals surface area contributed by atoms with Crippen molar-refractivity contribution in [2.75, 3.05) is 0 Å². The van der Waals surface area contributed by atoms with Crippen LogP contribution in [-0.4, -0.2) is 11.6 Å². The van der Waals surface area contributed by atoms with E-state index in [0.29, 0.717) is 6.04 Å². The molecule has 1 unspecified atom stereocenters. The van der Waals surface area contributed by atoms with Crippen molar-refractivity contribution < 1.29 is 0 Å². The second-order valence-corrected chi connectivity index (χ2v) is 5.60. The van der Waals surface area contributed by atoms with Crippen LogP contribution in [0.4, 0.5) is 0 Å². The molecule has 1 aromatic carbocycles. The summed E-state index contributed by atoms with van der Waals surface area (Å²) in [6.45, 7) is 6.73. The van der Waals surface area contributed by atoms with Gasteiger partial charge in [0.25, 0.3) is 0 Å². The molecule has 0 radical (unpaired) electrons. The van der Waals surface area contributed by atoms with Crippen molar-refractivity contribution in [3.05, 3.63) is 35.4 Å². The van der Waals surface area contributed by atoms with Crippen LogP contribution in [0.2, 0.25) is 0 Å². The van der Waals surface area contributed by atoms with E-state index in [2.05, 4.69) is 50.4 Å². The van der Waals surface area contributed by atoms with Gasteiger partial charge in [-0.2, -0.15) is 0 Å². The molecule has 0 heterocycles. The van der Waals surface area contributed by atoms with E-state index in [1.54, 1.807) is 5.56 Å². The molecule has 1 heteroatoms. The van der Waals surface area contributed by atoms with Crippen molar-refractivity contribution in [1.82, 2.24) is 5.32 Å². The van der Waals surface area contributed by atoms with E-state index in [4.69, 9.17) is 0 Å². The molecule has 2 rings (SSSR count). The predicted molar refractivity (Wildman–Crippen MR) is 65.1 cm³/mol. The molecule has 0 amide bonds. The van der Waals surface area contributed by atoms with Crippen molar-refractivity contribution in [2.24, 2.45) is 0 Å². The number of hydrogen-bond acceptors (Lipinski definition) is 1. The molecule has 0 fully saturated rings. The molecule has 0 aromatic heterocycles. The quantitative estimate of drug-likeness (QED) is 0.740. The fourth-order valence-electron chi connectivity index (χ4n) is 2.43. The van der Waals surface area contributed by atoms with Gasteiger partial charge in [-0.15, -0.1) is 0 Å². The highest BCUT2D eigenvalue weighted by atomic mass is 15.0. The van der Waals surface area contributed by atoms with E-state index < -0.39 is 0 Å². The molecule has 15 heavy (non-hydrogen) atoms. The van der Waals surface area contributed by atoms with Crippen LogP contribution in [0.1, 0.15) is 38.3 Å². The van der Waals surface area contributed by atoms with Crippen molar-refractivity contribution in [3.63, 3.8) is 0 Å². The van der Waals surface area contributed by atoms with E-state index in [1.807, 2.05) is 0 Å². The van der Waals surface area contributed by atoms with Gasteiger partial charge in [-0.05, 0) is 51.2 Å². The number of aryl methyl sites for hydroxylation is 1. The molecule has 0 saturated carbocycles. The number of rotatable bonds is 1. The summed E-state index contributed by atoms with van der Waals surface area (Å²) < 4.78 is 0. The first-order valence-corrected chi connectivity index (χ1v) is 5.89. The summed E-state index contributed by atoms with van der Waals surface area (Å²) in [7, 11) is 0. The Bertz CT molecular complexity index is 335. The number of nitrogens with one attached hydrogen (secondary N) is 1. The van der Waals surface area contributed by atoms with Crippen LogP contribution in [0.15, 0.2) is 24.3 Å². The minimum absolute atomic E-state index is 0.233.